The third-order valence-corrected chi connectivity index (χ3v) is 3.93. The molecule has 0 N–H and O–H groups in total. The maximum absolute atomic E-state index is 11.5. The van der Waals surface area contributed by atoms with Gasteiger partial charge in [-0.1, -0.05) is 25.3 Å². The van der Waals surface area contributed by atoms with Crippen molar-refractivity contribution in [2.24, 2.45) is 5.92 Å². The standard InChI is InChI=1S/C15H21NO2/c1-18-15(17)10-12-6-3-2-4-8-14(12)13-7-5-9-16-11-13/h5,7,9,11-12,14H,2-4,6,8,10H2,1H3. The smallest absolute Gasteiger partial charge is 0.305 e. The number of hydrogen-bond acceptors (Lipinski definition) is 3. The van der Waals surface area contributed by atoms with Crippen molar-refractivity contribution in [3.8, 4) is 0 Å². The highest BCUT2D eigenvalue weighted by Gasteiger charge is 2.27. The average molecular weight is 247 g/mol. The zero-order valence-electron chi connectivity index (χ0n) is 11.0. The normalized spacial score (nSPS) is 24.3. The molecule has 0 radical (unpaired) electrons. The van der Waals surface area contributed by atoms with Crippen molar-refractivity contribution in [2.45, 2.75) is 44.4 Å². The molecule has 2 atom stereocenters. The van der Waals surface area contributed by atoms with Gasteiger partial charge >= 0.3 is 5.97 Å². The van der Waals surface area contributed by atoms with Crippen molar-refractivity contribution >= 4 is 5.97 Å². The molecular weight excluding hydrogens is 226 g/mol. The number of carbonyl (C=O) groups excluding carboxylic acids is 1. The van der Waals surface area contributed by atoms with Gasteiger partial charge in [-0.3, -0.25) is 9.78 Å². The topological polar surface area (TPSA) is 39.2 Å². The third-order valence-electron chi connectivity index (χ3n) is 3.93. The number of pyridine rings is 1. The summed E-state index contributed by atoms with van der Waals surface area (Å²) in [5.74, 6) is 0.778. The fourth-order valence-electron chi connectivity index (χ4n) is 2.96. The van der Waals surface area contributed by atoms with E-state index in [0.29, 0.717) is 18.3 Å². The highest BCUT2D eigenvalue weighted by atomic mass is 16.5. The molecule has 0 bridgehead atoms. The first kappa shape index (κ1) is 13.1. The molecule has 0 amide bonds. The predicted octanol–water partition coefficient (Wildman–Crippen LogP) is 3.31. The number of ether oxygens (including phenoxy) is 1. The van der Waals surface area contributed by atoms with Gasteiger partial charge in [0.2, 0.25) is 0 Å². The first-order valence-corrected chi connectivity index (χ1v) is 6.78. The summed E-state index contributed by atoms with van der Waals surface area (Å²) in [6.07, 6.45) is 10.3. The van der Waals surface area contributed by atoms with Crippen LogP contribution in [0.1, 0.15) is 50.0 Å². The Morgan fingerprint density at radius 3 is 2.94 bits per heavy atom. The molecule has 3 nitrogen and oxygen atoms in total. The van der Waals surface area contributed by atoms with Gasteiger partial charge in [-0.2, -0.15) is 0 Å². The summed E-state index contributed by atoms with van der Waals surface area (Å²) in [5.41, 5.74) is 1.27. The summed E-state index contributed by atoms with van der Waals surface area (Å²) in [6.45, 7) is 0. The fourth-order valence-corrected chi connectivity index (χ4v) is 2.96. The van der Waals surface area contributed by atoms with E-state index in [1.54, 1.807) is 6.20 Å². The number of methoxy groups -OCH3 is 1. The van der Waals surface area contributed by atoms with Crippen molar-refractivity contribution in [3.05, 3.63) is 30.1 Å². The number of esters is 1. The molecular formula is C15H21NO2. The molecule has 1 saturated carbocycles. The zero-order valence-corrected chi connectivity index (χ0v) is 11.0. The van der Waals surface area contributed by atoms with Crippen LogP contribution in [0.25, 0.3) is 0 Å². The summed E-state index contributed by atoms with van der Waals surface area (Å²) in [6, 6.07) is 4.11. The molecule has 0 aliphatic heterocycles. The van der Waals surface area contributed by atoms with E-state index in [1.807, 2.05) is 12.3 Å². The van der Waals surface area contributed by atoms with Crippen LogP contribution in [0.4, 0.5) is 0 Å². The van der Waals surface area contributed by atoms with Crippen LogP contribution in [0.5, 0.6) is 0 Å². The number of hydrogen-bond donors (Lipinski definition) is 0. The maximum atomic E-state index is 11.5. The van der Waals surface area contributed by atoms with Gasteiger partial charge < -0.3 is 4.74 Å². The lowest BCUT2D eigenvalue weighted by Gasteiger charge is -2.24. The molecule has 3 heteroatoms. The molecule has 1 aromatic heterocycles. The third kappa shape index (κ3) is 3.31. The van der Waals surface area contributed by atoms with Crippen LogP contribution >= 0.6 is 0 Å². The van der Waals surface area contributed by atoms with E-state index in [9.17, 15) is 4.79 Å². The Labute approximate surface area is 109 Å². The summed E-state index contributed by atoms with van der Waals surface area (Å²) in [5, 5.41) is 0. The lowest BCUT2D eigenvalue weighted by atomic mass is 9.81. The monoisotopic (exact) mass is 247 g/mol. The highest BCUT2D eigenvalue weighted by molar-refractivity contribution is 5.69. The van der Waals surface area contributed by atoms with E-state index in [-0.39, 0.29) is 5.97 Å². The molecule has 1 heterocycles. The predicted molar refractivity (Wildman–Crippen MR) is 70.2 cm³/mol. The lowest BCUT2D eigenvalue weighted by molar-refractivity contribution is -0.142. The largest absolute Gasteiger partial charge is 0.469 e. The summed E-state index contributed by atoms with van der Waals surface area (Å²) >= 11 is 0. The highest BCUT2D eigenvalue weighted by Crippen LogP contribution is 2.38. The van der Waals surface area contributed by atoms with E-state index in [2.05, 4.69) is 11.1 Å². The van der Waals surface area contributed by atoms with Crippen molar-refractivity contribution in [3.63, 3.8) is 0 Å². The molecule has 2 rings (SSSR count). The fraction of sp³-hybridized carbons (Fsp3) is 0.600. The van der Waals surface area contributed by atoms with Crippen LogP contribution in [0.2, 0.25) is 0 Å². The first-order chi connectivity index (χ1) is 8.81. The second-order valence-corrected chi connectivity index (χ2v) is 5.07. The van der Waals surface area contributed by atoms with Crippen LogP contribution in [-0.4, -0.2) is 18.1 Å². The molecule has 18 heavy (non-hydrogen) atoms. The van der Waals surface area contributed by atoms with Gasteiger partial charge in [0, 0.05) is 18.8 Å². The Hall–Kier alpha value is -1.38. The summed E-state index contributed by atoms with van der Waals surface area (Å²) in [7, 11) is 1.47. The minimum atomic E-state index is -0.0872. The zero-order chi connectivity index (χ0) is 12.8. The molecule has 1 fully saturated rings. The van der Waals surface area contributed by atoms with Crippen molar-refractivity contribution in [1.29, 1.82) is 0 Å². The second-order valence-electron chi connectivity index (χ2n) is 5.07. The molecule has 98 valence electrons. The van der Waals surface area contributed by atoms with Gasteiger partial charge in [0.15, 0.2) is 0 Å². The van der Waals surface area contributed by atoms with Crippen LogP contribution in [-0.2, 0) is 9.53 Å². The summed E-state index contributed by atoms with van der Waals surface area (Å²) < 4.78 is 4.82. The molecule has 0 saturated heterocycles. The number of aromatic nitrogens is 1. The van der Waals surface area contributed by atoms with Crippen LogP contribution in [0.15, 0.2) is 24.5 Å². The number of nitrogens with zero attached hydrogens (tertiary/aromatic N) is 1. The van der Waals surface area contributed by atoms with Gasteiger partial charge in [0.05, 0.1) is 7.11 Å². The molecule has 1 aromatic rings. The van der Waals surface area contributed by atoms with Crippen molar-refractivity contribution in [2.75, 3.05) is 7.11 Å². The number of carbonyl (C=O) groups is 1. The Morgan fingerprint density at radius 1 is 1.39 bits per heavy atom. The first-order valence-electron chi connectivity index (χ1n) is 6.78. The average Bonchev–Trinajstić information content (AvgIpc) is 2.65. The summed E-state index contributed by atoms with van der Waals surface area (Å²) in [4.78, 5) is 15.7. The molecule has 1 aliphatic rings. The lowest BCUT2D eigenvalue weighted by Crippen LogP contribution is -2.17. The van der Waals surface area contributed by atoms with Gasteiger partial charge in [0.25, 0.3) is 0 Å². The second kappa shape index (κ2) is 6.53. The van der Waals surface area contributed by atoms with Crippen molar-refractivity contribution in [1.82, 2.24) is 4.98 Å². The molecule has 0 aromatic carbocycles. The van der Waals surface area contributed by atoms with Gasteiger partial charge in [0.1, 0.15) is 0 Å². The Balaban J connectivity index is 2.14. The van der Waals surface area contributed by atoms with Crippen LogP contribution in [0, 0.1) is 5.92 Å². The quantitative estimate of drug-likeness (QED) is 0.607. The van der Waals surface area contributed by atoms with Crippen molar-refractivity contribution < 1.29 is 9.53 Å². The van der Waals surface area contributed by atoms with Gasteiger partial charge in [-0.25, -0.2) is 0 Å². The maximum Gasteiger partial charge on any atom is 0.305 e. The van der Waals surface area contributed by atoms with E-state index in [0.717, 1.165) is 12.8 Å². The van der Waals surface area contributed by atoms with E-state index < -0.39 is 0 Å². The van der Waals surface area contributed by atoms with E-state index in [1.165, 1.54) is 31.9 Å². The minimum absolute atomic E-state index is 0.0872. The Morgan fingerprint density at radius 2 is 2.22 bits per heavy atom. The molecule has 0 spiro atoms. The molecule has 1 aliphatic carbocycles. The van der Waals surface area contributed by atoms with Gasteiger partial charge in [-0.05, 0) is 36.3 Å². The van der Waals surface area contributed by atoms with E-state index in [4.69, 9.17) is 4.74 Å². The Kier molecular flexibility index (Phi) is 4.73. The van der Waals surface area contributed by atoms with Crippen LogP contribution in [0.3, 0.4) is 0 Å². The minimum Gasteiger partial charge on any atom is -0.469 e. The number of rotatable bonds is 3. The van der Waals surface area contributed by atoms with Crippen LogP contribution < -0.4 is 0 Å². The molecule has 2 unspecified atom stereocenters. The Bertz CT molecular complexity index is 377. The SMILES string of the molecule is COC(=O)CC1CCCCCC1c1cccnc1. The van der Waals surface area contributed by atoms with Gasteiger partial charge in [-0.15, -0.1) is 0 Å². The van der Waals surface area contributed by atoms with E-state index >= 15 is 0 Å².